The number of benzene rings is 2. The molecule has 122 valence electrons. The van der Waals surface area contributed by atoms with E-state index < -0.39 is 0 Å². The molecular formula is C18H16N2O4. The van der Waals surface area contributed by atoms with E-state index in [4.69, 9.17) is 4.74 Å². The Morgan fingerprint density at radius 2 is 2.04 bits per heavy atom. The third kappa shape index (κ3) is 2.22. The van der Waals surface area contributed by atoms with Crippen molar-refractivity contribution in [2.45, 2.75) is 18.8 Å². The molecule has 2 aromatic rings. The van der Waals surface area contributed by atoms with E-state index in [9.17, 15) is 14.9 Å². The fraction of sp³-hybridized carbons (Fsp3) is 0.278. The van der Waals surface area contributed by atoms with Crippen LogP contribution in [0.4, 0.5) is 11.4 Å². The number of nitro benzene ring substituents is 1. The lowest BCUT2D eigenvalue weighted by Gasteiger charge is -2.29. The summed E-state index contributed by atoms with van der Waals surface area (Å²) in [5.41, 5.74) is 2.30. The lowest BCUT2D eigenvalue weighted by Crippen LogP contribution is -2.35. The molecular weight excluding hydrogens is 308 g/mol. The van der Waals surface area contributed by atoms with Crippen LogP contribution in [-0.4, -0.2) is 24.0 Å². The molecule has 6 nitrogen and oxygen atoms in total. The van der Waals surface area contributed by atoms with E-state index in [0.29, 0.717) is 37.2 Å². The third-order valence-electron chi connectivity index (χ3n) is 4.72. The van der Waals surface area contributed by atoms with E-state index in [-0.39, 0.29) is 22.4 Å². The number of para-hydroxylation sites is 1. The number of hydrogen-bond acceptors (Lipinski definition) is 4. The van der Waals surface area contributed by atoms with Gasteiger partial charge in [0, 0.05) is 18.2 Å². The summed E-state index contributed by atoms with van der Waals surface area (Å²) in [5.74, 6) is 0.478. The van der Waals surface area contributed by atoms with Crippen LogP contribution in [0.2, 0.25) is 0 Å². The van der Waals surface area contributed by atoms with E-state index in [0.717, 1.165) is 11.3 Å². The second-order valence-electron chi connectivity index (χ2n) is 6.00. The fourth-order valence-corrected chi connectivity index (χ4v) is 3.60. The monoisotopic (exact) mass is 324 g/mol. The Bertz CT molecular complexity index is 834. The Balaban J connectivity index is 1.70. The Morgan fingerprint density at radius 3 is 2.88 bits per heavy atom. The van der Waals surface area contributed by atoms with Crippen molar-refractivity contribution in [3.05, 3.63) is 63.7 Å². The maximum Gasteiger partial charge on any atom is 0.274 e. The molecule has 0 unspecified atom stereocenters. The van der Waals surface area contributed by atoms with Crippen LogP contribution in [0.25, 0.3) is 0 Å². The smallest absolute Gasteiger partial charge is 0.274 e. The minimum atomic E-state index is -0.378. The maximum atomic E-state index is 13.1. The highest BCUT2D eigenvalue weighted by molar-refractivity contribution is 6.00. The SMILES string of the molecule is O=C([C@@H]1CCOc2ccccc21)N1CCc2c1cccc2[N+](=O)[O-]. The average Bonchev–Trinajstić information content (AvgIpc) is 3.04. The van der Waals surface area contributed by atoms with E-state index in [1.807, 2.05) is 24.3 Å². The molecule has 2 heterocycles. The first-order chi connectivity index (χ1) is 11.7. The fourth-order valence-electron chi connectivity index (χ4n) is 3.60. The average molecular weight is 324 g/mol. The standard InChI is InChI=1S/C18H16N2O4/c21-18(13-9-11-24-17-7-2-1-4-12(13)17)19-10-8-14-15(19)5-3-6-16(14)20(22)23/h1-7,13H,8-11H2/t13-/m1/s1. The van der Waals surface area contributed by atoms with Gasteiger partial charge in [0.15, 0.2) is 0 Å². The predicted molar refractivity (Wildman–Crippen MR) is 88.4 cm³/mol. The zero-order valence-corrected chi connectivity index (χ0v) is 13.0. The van der Waals surface area contributed by atoms with E-state index in [1.54, 1.807) is 17.0 Å². The summed E-state index contributed by atoms with van der Waals surface area (Å²) in [5, 5.41) is 11.2. The summed E-state index contributed by atoms with van der Waals surface area (Å²) in [4.78, 5) is 25.6. The molecule has 0 saturated heterocycles. The van der Waals surface area contributed by atoms with Crippen molar-refractivity contribution in [2.75, 3.05) is 18.1 Å². The molecule has 0 bridgehead atoms. The van der Waals surface area contributed by atoms with Gasteiger partial charge in [0.25, 0.3) is 5.69 Å². The summed E-state index contributed by atoms with van der Waals surface area (Å²) in [6.45, 7) is 0.988. The van der Waals surface area contributed by atoms with Crippen LogP contribution in [0.15, 0.2) is 42.5 Å². The van der Waals surface area contributed by atoms with E-state index in [1.165, 1.54) is 6.07 Å². The summed E-state index contributed by atoms with van der Waals surface area (Å²) in [7, 11) is 0. The number of carbonyl (C=O) groups excluding carboxylic acids is 1. The molecule has 0 N–H and O–H groups in total. The first kappa shape index (κ1) is 14.7. The van der Waals surface area contributed by atoms with Gasteiger partial charge < -0.3 is 9.64 Å². The number of amides is 1. The predicted octanol–water partition coefficient (Wildman–Crippen LogP) is 3.05. The van der Waals surface area contributed by atoms with Crippen molar-refractivity contribution in [3.8, 4) is 5.75 Å². The molecule has 2 aliphatic rings. The molecule has 6 heteroatoms. The lowest BCUT2D eigenvalue weighted by atomic mass is 9.92. The summed E-state index contributed by atoms with van der Waals surface area (Å²) >= 11 is 0. The molecule has 0 radical (unpaired) electrons. The van der Waals surface area contributed by atoms with Gasteiger partial charge in [-0.2, -0.15) is 0 Å². The molecule has 0 aromatic heterocycles. The van der Waals surface area contributed by atoms with Crippen LogP contribution in [-0.2, 0) is 11.2 Å². The zero-order valence-electron chi connectivity index (χ0n) is 13.0. The Labute approximate surface area is 138 Å². The first-order valence-electron chi connectivity index (χ1n) is 7.96. The van der Waals surface area contributed by atoms with Crippen LogP contribution >= 0.6 is 0 Å². The quantitative estimate of drug-likeness (QED) is 0.629. The van der Waals surface area contributed by atoms with Gasteiger partial charge in [0.1, 0.15) is 5.75 Å². The second-order valence-corrected chi connectivity index (χ2v) is 6.00. The molecule has 1 amide bonds. The van der Waals surface area contributed by atoms with Crippen molar-refractivity contribution in [1.82, 2.24) is 0 Å². The van der Waals surface area contributed by atoms with Crippen LogP contribution in [0.1, 0.15) is 23.5 Å². The summed E-state index contributed by atoms with van der Waals surface area (Å²) in [6, 6.07) is 12.5. The number of carbonyl (C=O) groups is 1. The summed E-state index contributed by atoms with van der Waals surface area (Å²) < 4.78 is 5.63. The zero-order chi connectivity index (χ0) is 16.7. The molecule has 0 fully saturated rings. The molecule has 2 aromatic carbocycles. The second kappa shape index (κ2) is 5.63. The van der Waals surface area contributed by atoms with Gasteiger partial charge in [-0.15, -0.1) is 0 Å². The summed E-state index contributed by atoms with van der Waals surface area (Å²) in [6.07, 6.45) is 1.14. The molecule has 1 atom stereocenters. The van der Waals surface area contributed by atoms with Crippen LogP contribution < -0.4 is 9.64 Å². The van der Waals surface area contributed by atoms with Crippen molar-refractivity contribution < 1.29 is 14.5 Å². The lowest BCUT2D eigenvalue weighted by molar-refractivity contribution is -0.385. The normalized spacial score (nSPS) is 18.5. The van der Waals surface area contributed by atoms with Crippen LogP contribution in [0.3, 0.4) is 0 Å². The molecule has 2 aliphatic heterocycles. The first-order valence-corrected chi connectivity index (χ1v) is 7.96. The Hall–Kier alpha value is -2.89. The Morgan fingerprint density at radius 1 is 1.21 bits per heavy atom. The highest BCUT2D eigenvalue weighted by Gasteiger charge is 2.36. The molecule has 0 spiro atoms. The molecule has 4 rings (SSSR count). The van der Waals surface area contributed by atoms with Crippen molar-refractivity contribution in [2.24, 2.45) is 0 Å². The van der Waals surface area contributed by atoms with Crippen molar-refractivity contribution in [3.63, 3.8) is 0 Å². The minimum Gasteiger partial charge on any atom is -0.493 e. The van der Waals surface area contributed by atoms with E-state index >= 15 is 0 Å². The maximum absolute atomic E-state index is 13.1. The van der Waals surface area contributed by atoms with Gasteiger partial charge in [-0.05, 0) is 25.0 Å². The van der Waals surface area contributed by atoms with Crippen LogP contribution in [0.5, 0.6) is 5.75 Å². The van der Waals surface area contributed by atoms with Gasteiger partial charge in [-0.25, -0.2) is 0 Å². The number of rotatable bonds is 2. The number of ether oxygens (including phenoxy) is 1. The number of fused-ring (bicyclic) bond motifs is 2. The number of hydrogen-bond donors (Lipinski definition) is 0. The van der Waals surface area contributed by atoms with Gasteiger partial charge in [0.05, 0.1) is 28.7 Å². The molecule has 24 heavy (non-hydrogen) atoms. The molecule has 0 saturated carbocycles. The highest BCUT2D eigenvalue weighted by Crippen LogP contribution is 2.39. The number of nitro groups is 1. The largest absolute Gasteiger partial charge is 0.493 e. The third-order valence-corrected chi connectivity index (χ3v) is 4.72. The Kier molecular flexibility index (Phi) is 3.45. The minimum absolute atomic E-state index is 0.00926. The number of anilines is 1. The van der Waals surface area contributed by atoms with Crippen molar-refractivity contribution in [1.29, 1.82) is 0 Å². The molecule has 0 aliphatic carbocycles. The van der Waals surface area contributed by atoms with Gasteiger partial charge >= 0.3 is 0 Å². The van der Waals surface area contributed by atoms with Crippen molar-refractivity contribution >= 4 is 17.3 Å². The number of nitrogens with zero attached hydrogens (tertiary/aromatic N) is 2. The van der Waals surface area contributed by atoms with E-state index in [2.05, 4.69) is 0 Å². The highest BCUT2D eigenvalue weighted by atomic mass is 16.6. The van der Waals surface area contributed by atoms with Gasteiger partial charge in [0.2, 0.25) is 5.91 Å². The van der Waals surface area contributed by atoms with Crippen LogP contribution in [0, 0.1) is 10.1 Å². The van der Waals surface area contributed by atoms with Gasteiger partial charge in [-0.1, -0.05) is 24.3 Å². The van der Waals surface area contributed by atoms with Gasteiger partial charge in [-0.3, -0.25) is 14.9 Å². The topological polar surface area (TPSA) is 72.7 Å².